The molecule has 1 saturated heterocycles. The Morgan fingerprint density at radius 2 is 2.42 bits per heavy atom. The van der Waals surface area contributed by atoms with Crippen LogP contribution in [0, 0.1) is 0 Å². The first-order valence-electron chi connectivity index (χ1n) is 4.68. The number of hydrogen-bond donors (Lipinski definition) is 1. The second kappa shape index (κ2) is 4.06. The summed E-state index contributed by atoms with van der Waals surface area (Å²) in [5.74, 6) is 0. The Morgan fingerprint density at radius 3 is 2.83 bits per heavy atom. The molecule has 0 amide bonds. The van der Waals surface area contributed by atoms with E-state index in [1.54, 1.807) is 6.08 Å². The van der Waals surface area contributed by atoms with Gasteiger partial charge in [0.15, 0.2) is 0 Å². The minimum absolute atomic E-state index is 0.0713. The zero-order valence-electron chi connectivity index (χ0n) is 7.75. The highest BCUT2D eigenvalue weighted by atomic mass is 16.6. The predicted octanol–water partition coefficient (Wildman–Crippen LogP) is 1.88. The summed E-state index contributed by atoms with van der Waals surface area (Å²) in [6.07, 6.45) is 5.51. The molecule has 1 rings (SSSR count). The van der Waals surface area contributed by atoms with Crippen LogP contribution in [0.3, 0.4) is 0 Å². The van der Waals surface area contributed by atoms with E-state index in [-0.39, 0.29) is 6.10 Å². The summed E-state index contributed by atoms with van der Waals surface area (Å²) in [5, 5.41) is 10.1. The van der Waals surface area contributed by atoms with Crippen molar-refractivity contribution >= 4 is 0 Å². The minimum atomic E-state index is -0.627. The molecule has 1 heterocycles. The van der Waals surface area contributed by atoms with Crippen molar-refractivity contribution in [3.8, 4) is 0 Å². The summed E-state index contributed by atoms with van der Waals surface area (Å²) in [6, 6.07) is 0. The summed E-state index contributed by atoms with van der Waals surface area (Å²) in [5.41, 5.74) is -0.627. The standard InChI is InChI=1S/C10H18O2/c1-3-5-7-10(11,6-4-2)9-8-12-9/h4,9,11H,2-3,5-8H2,1H3. The summed E-state index contributed by atoms with van der Waals surface area (Å²) in [6.45, 7) is 6.49. The maximum absolute atomic E-state index is 10.1. The second-order valence-corrected chi connectivity index (χ2v) is 3.52. The molecule has 1 fully saturated rings. The maximum atomic E-state index is 10.1. The number of epoxide rings is 1. The lowest BCUT2D eigenvalue weighted by Gasteiger charge is -2.24. The van der Waals surface area contributed by atoms with E-state index in [4.69, 9.17) is 4.74 Å². The van der Waals surface area contributed by atoms with E-state index < -0.39 is 5.60 Å². The van der Waals surface area contributed by atoms with Crippen LogP contribution in [0.1, 0.15) is 32.6 Å². The molecule has 2 heteroatoms. The Morgan fingerprint density at radius 1 is 1.75 bits per heavy atom. The molecule has 0 aromatic rings. The zero-order valence-corrected chi connectivity index (χ0v) is 7.75. The van der Waals surface area contributed by atoms with Gasteiger partial charge in [0.25, 0.3) is 0 Å². The monoisotopic (exact) mass is 170 g/mol. The van der Waals surface area contributed by atoms with Crippen LogP contribution in [-0.4, -0.2) is 23.4 Å². The molecule has 1 N–H and O–H groups in total. The number of unbranched alkanes of at least 4 members (excludes halogenated alkanes) is 1. The molecule has 1 aliphatic heterocycles. The molecule has 0 aromatic heterocycles. The first-order valence-corrected chi connectivity index (χ1v) is 4.68. The lowest BCUT2D eigenvalue weighted by Crippen LogP contribution is -2.34. The van der Waals surface area contributed by atoms with Gasteiger partial charge in [-0.2, -0.15) is 0 Å². The Balaban J connectivity index is 2.39. The highest BCUT2D eigenvalue weighted by Crippen LogP contribution is 2.32. The molecule has 2 atom stereocenters. The van der Waals surface area contributed by atoms with Crippen LogP contribution >= 0.6 is 0 Å². The molecule has 0 aromatic carbocycles. The summed E-state index contributed by atoms with van der Waals surface area (Å²) in [7, 11) is 0. The van der Waals surface area contributed by atoms with Crippen LogP contribution in [-0.2, 0) is 4.74 Å². The van der Waals surface area contributed by atoms with Crippen LogP contribution < -0.4 is 0 Å². The predicted molar refractivity (Wildman–Crippen MR) is 49.0 cm³/mol. The average Bonchev–Trinajstić information content (AvgIpc) is 2.84. The van der Waals surface area contributed by atoms with Crippen LogP contribution in [0.5, 0.6) is 0 Å². The maximum Gasteiger partial charge on any atom is 0.110 e. The van der Waals surface area contributed by atoms with Crippen molar-refractivity contribution in [2.45, 2.75) is 44.3 Å². The van der Waals surface area contributed by atoms with Crippen molar-refractivity contribution in [3.63, 3.8) is 0 Å². The van der Waals surface area contributed by atoms with Gasteiger partial charge in [-0.3, -0.25) is 0 Å². The Labute approximate surface area is 74.2 Å². The molecular weight excluding hydrogens is 152 g/mol. The molecule has 2 nitrogen and oxygen atoms in total. The molecule has 70 valence electrons. The third-order valence-corrected chi connectivity index (χ3v) is 2.39. The lowest BCUT2D eigenvalue weighted by molar-refractivity contribution is 0.00456. The Hall–Kier alpha value is -0.340. The van der Waals surface area contributed by atoms with E-state index in [9.17, 15) is 5.11 Å². The molecule has 0 radical (unpaired) electrons. The van der Waals surface area contributed by atoms with Gasteiger partial charge in [-0.1, -0.05) is 25.8 Å². The van der Waals surface area contributed by atoms with Crippen molar-refractivity contribution in [3.05, 3.63) is 12.7 Å². The third kappa shape index (κ3) is 2.32. The van der Waals surface area contributed by atoms with Gasteiger partial charge < -0.3 is 9.84 Å². The van der Waals surface area contributed by atoms with E-state index >= 15 is 0 Å². The SMILES string of the molecule is C=CCC(O)(CCCC)C1CO1. The number of rotatable bonds is 6. The van der Waals surface area contributed by atoms with E-state index in [0.717, 1.165) is 19.3 Å². The molecule has 0 spiro atoms. The minimum Gasteiger partial charge on any atom is -0.387 e. The highest BCUT2D eigenvalue weighted by molar-refractivity contribution is 4.98. The van der Waals surface area contributed by atoms with Crippen LogP contribution in [0.4, 0.5) is 0 Å². The van der Waals surface area contributed by atoms with Gasteiger partial charge in [-0.25, -0.2) is 0 Å². The normalized spacial score (nSPS) is 26.3. The fourth-order valence-corrected chi connectivity index (χ4v) is 1.49. The van der Waals surface area contributed by atoms with E-state index in [1.807, 2.05) is 0 Å². The van der Waals surface area contributed by atoms with Gasteiger partial charge in [-0.15, -0.1) is 6.58 Å². The van der Waals surface area contributed by atoms with Gasteiger partial charge in [0.1, 0.15) is 6.10 Å². The summed E-state index contributed by atoms with van der Waals surface area (Å²) >= 11 is 0. The van der Waals surface area contributed by atoms with Crippen molar-refractivity contribution in [1.82, 2.24) is 0 Å². The van der Waals surface area contributed by atoms with Gasteiger partial charge >= 0.3 is 0 Å². The van der Waals surface area contributed by atoms with Crippen LogP contribution in [0.15, 0.2) is 12.7 Å². The number of ether oxygens (including phenoxy) is 1. The Bertz CT molecular complexity index is 152. The van der Waals surface area contributed by atoms with Crippen LogP contribution in [0.2, 0.25) is 0 Å². The fourth-order valence-electron chi connectivity index (χ4n) is 1.49. The Kier molecular flexibility index (Phi) is 3.29. The van der Waals surface area contributed by atoms with Crippen molar-refractivity contribution in [1.29, 1.82) is 0 Å². The zero-order chi connectivity index (χ0) is 9.03. The van der Waals surface area contributed by atoms with Crippen molar-refractivity contribution < 1.29 is 9.84 Å². The molecule has 1 aliphatic rings. The first-order chi connectivity index (χ1) is 5.73. The molecule has 2 unspecified atom stereocenters. The lowest BCUT2D eigenvalue weighted by atomic mass is 9.90. The van der Waals surface area contributed by atoms with E-state index in [0.29, 0.717) is 13.0 Å². The van der Waals surface area contributed by atoms with Gasteiger partial charge in [0.2, 0.25) is 0 Å². The van der Waals surface area contributed by atoms with Crippen molar-refractivity contribution in [2.75, 3.05) is 6.61 Å². The molecule has 0 bridgehead atoms. The quantitative estimate of drug-likeness (QED) is 0.487. The number of hydrogen-bond acceptors (Lipinski definition) is 2. The highest BCUT2D eigenvalue weighted by Gasteiger charge is 2.43. The van der Waals surface area contributed by atoms with Gasteiger partial charge in [0, 0.05) is 0 Å². The summed E-state index contributed by atoms with van der Waals surface area (Å²) < 4.78 is 5.13. The van der Waals surface area contributed by atoms with Gasteiger partial charge in [-0.05, 0) is 12.8 Å². The largest absolute Gasteiger partial charge is 0.387 e. The third-order valence-electron chi connectivity index (χ3n) is 2.39. The topological polar surface area (TPSA) is 32.8 Å². The molecular formula is C10H18O2. The number of aliphatic hydroxyl groups is 1. The smallest absolute Gasteiger partial charge is 0.110 e. The second-order valence-electron chi connectivity index (χ2n) is 3.52. The summed E-state index contributed by atoms with van der Waals surface area (Å²) in [4.78, 5) is 0. The van der Waals surface area contributed by atoms with E-state index in [1.165, 1.54) is 0 Å². The van der Waals surface area contributed by atoms with E-state index in [2.05, 4.69) is 13.5 Å². The fraction of sp³-hybridized carbons (Fsp3) is 0.800. The van der Waals surface area contributed by atoms with Crippen molar-refractivity contribution in [2.24, 2.45) is 0 Å². The first kappa shape index (κ1) is 9.75. The molecule has 0 saturated carbocycles. The molecule has 12 heavy (non-hydrogen) atoms. The molecule has 0 aliphatic carbocycles. The average molecular weight is 170 g/mol. The van der Waals surface area contributed by atoms with Crippen LogP contribution in [0.25, 0.3) is 0 Å². The van der Waals surface area contributed by atoms with Gasteiger partial charge in [0.05, 0.1) is 12.2 Å².